The minimum absolute atomic E-state index is 0.105. The van der Waals surface area contributed by atoms with E-state index in [0.717, 1.165) is 5.56 Å². The Hall–Kier alpha value is -2.73. The summed E-state index contributed by atoms with van der Waals surface area (Å²) < 4.78 is 0. The summed E-state index contributed by atoms with van der Waals surface area (Å²) in [6.07, 6.45) is 1.44. The first-order chi connectivity index (χ1) is 10.5. The molecule has 0 fully saturated rings. The van der Waals surface area contributed by atoms with Crippen molar-refractivity contribution in [1.29, 1.82) is 0 Å². The lowest BCUT2D eigenvalue weighted by Crippen LogP contribution is -2.17. The Morgan fingerprint density at radius 3 is 2.77 bits per heavy atom. The molecule has 0 unspecified atom stereocenters. The number of hydrazone groups is 1. The van der Waals surface area contributed by atoms with Crippen LogP contribution in [0.1, 0.15) is 21.5 Å². The van der Waals surface area contributed by atoms with Crippen molar-refractivity contribution in [2.24, 2.45) is 5.10 Å². The highest BCUT2D eigenvalue weighted by Crippen LogP contribution is 2.19. The van der Waals surface area contributed by atoms with Crippen LogP contribution < -0.4 is 5.43 Å². The van der Waals surface area contributed by atoms with Crippen LogP contribution in [0.3, 0.4) is 0 Å². The van der Waals surface area contributed by atoms with E-state index in [1.807, 2.05) is 0 Å². The van der Waals surface area contributed by atoms with Gasteiger partial charge in [0.15, 0.2) is 0 Å². The van der Waals surface area contributed by atoms with Crippen LogP contribution in [0.2, 0.25) is 5.02 Å². The molecule has 112 valence electrons. The number of nitrogens with one attached hydrogen (secondary N) is 1. The smallest absolute Gasteiger partial charge is 0.267 e. The van der Waals surface area contributed by atoms with Crippen LogP contribution in [0.5, 0.6) is 0 Å². The van der Waals surface area contributed by atoms with E-state index in [2.05, 4.69) is 10.5 Å². The topological polar surface area (TPSA) is 84.6 Å². The van der Waals surface area contributed by atoms with Gasteiger partial charge in [-0.05, 0) is 30.7 Å². The number of nitro groups is 1. The number of rotatable bonds is 4. The molecule has 0 radical (unpaired) electrons. The van der Waals surface area contributed by atoms with Gasteiger partial charge < -0.3 is 0 Å². The van der Waals surface area contributed by atoms with Gasteiger partial charge in [0.25, 0.3) is 11.6 Å². The highest BCUT2D eigenvalue weighted by molar-refractivity contribution is 6.30. The number of halogens is 1. The molecule has 0 aliphatic heterocycles. The van der Waals surface area contributed by atoms with Gasteiger partial charge in [-0.15, -0.1) is 0 Å². The largest absolute Gasteiger partial charge is 0.273 e. The second-order valence-corrected chi connectivity index (χ2v) is 4.95. The quantitative estimate of drug-likeness (QED) is 0.533. The van der Waals surface area contributed by atoms with E-state index in [1.54, 1.807) is 31.2 Å². The minimum Gasteiger partial charge on any atom is -0.267 e. The number of hydrogen-bond donors (Lipinski definition) is 1. The third kappa shape index (κ3) is 3.89. The lowest BCUT2D eigenvalue weighted by molar-refractivity contribution is -0.385. The van der Waals surface area contributed by atoms with Crippen molar-refractivity contribution in [2.75, 3.05) is 0 Å². The normalized spacial score (nSPS) is 10.6. The average Bonchev–Trinajstić information content (AvgIpc) is 2.47. The van der Waals surface area contributed by atoms with Crippen molar-refractivity contribution >= 4 is 29.4 Å². The maximum atomic E-state index is 11.9. The molecular formula is C15H12ClN3O3. The molecule has 2 aromatic carbocycles. The molecule has 2 rings (SSSR count). The second-order valence-electron chi connectivity index (χ2n) is 4.51. The molecule has 0 spiro atoms. The van der Waals surface area contributed by atoms with Gasteiger partial charge >= 0.3 is 0 Å². The third-order valence-electron chi connectivity index (χ3n) is 2.90. The van der Waals surface area contributed by atoms with E-state index in [-0.39, 0.29) is 11.3 Å². The van der Waals surface area contributed by atoms with Crippen LogP contribution in [-0.2, 0) is 0 Å². The minimum atomic E-state index is -0.527. The van der Waals surface area contributed by atoms with Gasteiger partial charge in [-0.25, -0.2) is 5.43 Å². The Kier molecular flexibility index (Phi) is 4.85. The van der Waals surface area contributed by atoms with E-state index < -0.39 is 10.8 Å². The Morgan fingerprint density at radius 2 is 2.09 bits per heavy atom. The zero-order valence-electron chi connectivity index (χ0n) is 11.6. The summed E-state index contributed by atoms with van der Waals surface area (Å²) in [7, 11) is 0. The second kappa shape index (κ2) is 6.82. The Morgan fingerprint density at radius 1 is 1.32 bits per heavy atom. The highest BCUT2D eigenvalue weighted by Gasteiger charge is 2.14. The first-order valence-corrected chi connectivity index (χ1v) is 6.69. The van der Waals surface area contributed by atoms with Crippen molar-refractivity contribution in [1.82, 2.24) is 5.43 Å². The summed E-state index contributed by atoms with van der Waals surface area (Å²) >= 11 is 5.83. The van der Waals surface area contributed by atoms with Crippen LogP contribution in [0.25, 0.3) is 0 Å². The Labute approximate surface area is 131 Å². The first-order valence-electron chi connectivity index (χ1n) is 6.31. The number of hydrogen-bond acceptors (Lipinski definition) is 4. The molecule has 0 aliphatic rings. The molecule has 0 heterocycles. The van der Waals surface area contributed by atoms with E-state index in [0.29, 0.717) is 10.6 Å². The predicted molar refractivity (Wildman–Crippen MR) is 84.3 cm³/mol. The standard InChI is InChI=1S/C15H12ClN3O3/c1-10-5-6-12(8-14(10)19(21)22)15(20)18-17-9-11-3-2-4-13(16)7-11/h2-9H,1H3,(H,18,20)/b17-9-. The molecule has 0 aliphatic carbocycles. The van der Waals surface area contributed by atoms with E-state index in [4.69, 9.17) is 11.6 Å². The zero-order chi connectivity index (χ0) is 16.1. The molecule has 2 aromatic rings. The summed E-state index contributed by atoms with van der Waals surface area (Å²) in [4.78, 5) is 22.2. The zero-order valence-corrected chi connectivity index (χ0v) is 12.4. The van der Waals surface area contributed by atoms with Crippen LogP contribution in [-0.4, -0.2) is 17.0 Å². The summed E-state index contributed by atoms with van der Waals surface area (Å²) in [5, 5.41) is 15.2. The molecule has 6 nitrogen and oxygen atoms in total. The average molecular weight is 318 g/mol. The number of nitro benzene ring substituents is 1. The number of carbonyl (C=O) groups excluding carboxylic acids is 1. The summed E-state index contributed by atoms with van der Waals surface area (Å²) in [5.41, 5.74) is 3.59. The van der Waals surface area contributed by atoms with E-state index in [9.17, 15) is 14.9 Å². The molecule has 0 saturated heterocycles. The van der Waals surface area contributed by atoms with Gasteiger partial charge in [-0.2, -0.15) is 5.10 Å². The molecule has 22 heavy (non-hydrogen) atoms. The van der Waals surface area contributed by atoms with Gasteiger partial charge in [-0.1, -0.05) is 29.8 Å². The molecular weight excluding hydrogens is 306 g/mol. The lowest BCUT2D eigenvalue weighted by atomic mass is 10.1. The highest BCUT2D eigenvalue weighted by atomic mass is 35.5. The maximum absolute atomic E-state index is 11.9. The van der Waals surface area contributed by atoms with Gasteiger partial charge in [-0.3, -0.25) is 14.9 Å². The van der Waals surface area contributed by atoms with Gasteiger partial charge in [0.05, 0.1) is 11.1 Å². The van der Waals surface area contributed by atoms with Gasteiger partial charge in [0, 0.05) is 22.2 Å². The molecule has 0 aromatic heterocycles. The van der Waals surface area contributed by atoms with Crippen LogP contribution in [0.15, 0.2) is 47.6 Å². The number of amides is 1. The molecule has 0 atom stereocenters. The van der Waals surface area contributed by atoms with Crippen molar-refractivity contribution in [3.63, 3.8) is 0 Å². The van der Waals surface area contributed by atoms with Crippen LogP contribution >= 0.6 is 11.6 Å². The van der Waals surface area contributed by atoms with Crippen molar-refractivity contribution in [3.05, 3.63) is 74.3 Å². The number of carbonyl (C=O) groups is 1. The summed E-state index contributed by atoms with van der Waals surface area (Å²) in [6, 6.07) is 11.2. The van der Waals surface area contributed by atoms with Crippen molar-refractivity contribution < 1.29 is 9.72 Å². The first kappa shape index (κ1) is 15.7. The molecule has 1 amide bonds. The van der Waals surface area contributed by atoms with Crippen LogP contribution in [0.4, 0.5) is 5.69 Å². The van der Waals surface area contributed by atoms with Gasteiger partial charge in [0.2, 0.25) is 0 Å². The number of nitrogens with zero attached hydrogens (tertiary/aromatic N) is 2. The molecule has 0 bridgehead atoms. The van der Waals surface area contributed by atoms with E-state index >= 15 is 0 Å². The maximum Gasteiger partial charge on any atom is 0.273 e. The lowest BCUT2D eigenvalue weighted by Gasteiger charge is -2.02. The predicted octanol–water partition coefficient (Wildman–Crippen LogP) is 3.32. The number of aryl methyl sites for hydroxylation is 1. The molecule has 7 heteroatoms. The monoisotopic (exact) mass is 317 g/mol. The van der Waals surface area contributed by atoms with E-state index in [1.165, 1.54) is 24.4 Å². The SMILES string of the molecule is Cc1ccc(C(=O)N/N=C\c2cccc(Cl)c2)cc1[N+](=O)[O-]. The molecule has 0 saturated carbocycles. The van der Waals surface area contributed by atoms with Crippen LogP contribution in [0, 0.1) is 17.0 Å². The fourth-order valence-corrected chi connectivity index (χ4v) is 1.96. The fourth-order valence-electron chi connectivity index (χ4n) is 1.76. The number of benzene rings is 2. The summed E-state index contributed by atoms with van der Waals surface area (Å²) in [5.74, 6) is -0.527. The van der Waals surface area contributed by atoms with Gasteiger partial charge in [0.1, 0.15) is 0 Å². The Bertz CT molecular complexity index is 759. The fraction of sp³-hybridized carbons (Fsp3) is 0.0667. The molecule has 1 N–H and O–H groups in total. The van der Waals surface area contributed by atoms with Crippen molar-refractivity contribution in [3.8, 4) is 0 Å². The third-order valence-corrected chi connectivity index (χ3v) is 3.13. The summed E-state index contributed by atoms with van der Waals surface area (Å²) in [6.45, 7) is 1.61. The van der Waals surface area contributed by atoms with Crippen molar-refractivity contribution in [2.45, 2.75) is 6.92 Å². The Balaban J connectivity index is 2.09.